The van der Waals surface area contributed by atoms with E-state index in [9.17, 15) is 9.18 Å². The number of aromatic nitrogens is 2. The van der Waals surface area contributed by atoms with Gasteiger partial charge in [0.2, 0.25) is 0 Å². The number of nitrogens with one attached hydrogen (secondary N) is 1. The summed E-state index contributed by atoms with van der Waals surface area (Å²) in [5, 5.41) is 6.47. The summed E-state index contributed by atoms with van der Waals surface area (Å²) in [6, 6.07) is 9.51. The molecule has 0 saturated heterocycles. The molecule has 1 aliphatic rings. The zero-order chi connectivity index (χ0) is 17.6. The summed E-state index contributed by atoms with van der Waals surface area (Å²) < 4.78 is 32.3. The molecule has 0 radical (unpaired) electrons. The van der Waals surface area contributed by atoms with Crippen LogP contribution in [0.15, 0.2) is 47.1 Å². The summed E-state index contributed by atoms with van der Waals surface area (Å²) in [7, 11) is 1.32. The van der Waals surface area contributed by atoms with Crippen LogP contribution in [-0.4, -0.2) is 30.1 Å². The van der Waals surface area contributed by atoms with Gasteiger partial charge in [0.05, 0.1) is 20.0 Å². The number of rotatable bonds is 2. The van der Waals surface area contributed by atoms with Gasteiger partial charge >= 0.3 is 5.97 Å². The number of hydrogen-bond acceptors (Lipinski definition) is 6. The molecule has 7 nitrogen and oxygen atoms in total. The zero-order valence-electron chi connectivity index (χ0n) is 13.3. The number of benzene rings is 1. The molecule has 3 aromatic rings. The van der Waals surface area contributed by atoms with Gasteiger partial charge < -0.3 is 18.6 Å². The molecule has 0 fully saturated rings. The SMILES string of the molecule is COC(=O)c1cc(-c2ccco2)n[nH]1.Fc1ccc2c(c1)COCO2. The van der Waals surface area contributed by atoms with Crippen LogP contribution in [0.4, 0.5) is 4.39 Å². The van der Waals surface area contributed by atoms with Crippen molar-refractivity contribution in [1.82, 2.24) is 10.2 Å². The van der Waals surface area contributed by atoms with Crippen LogP contribution >= 0.6 is 0 Å². The maximum Gasteiger partial charge on any atom is 0.356 e. The Morgan fingerprint density at radius 3 is 2.96 bits per heavy atom. The molecule has 3 heterocycles. The van der Waals surface area contributed by atoms with Crippen molar-refractivity contribution in [3.63, 3.8) is 0 Å². The summed E-state index contributed by atoms with van der Waals surface area (Å²) in [5.74, 6) is 0.627. The highest BCUT2D eigenvalue weighted by atomic mass is 19.1. The Labute approximate surface area is 142 Å². The van der Waals surface area contributed by atoms with Crippen LogP contribution in [0.2, 0.25) is 0 Å². The fourth-order valence-corrected chi connectivity index (χ4v) is 2.15. The van der Waals surface area contributed by atoms with Gasteiger partial charge in [-0.15, -0.1) is 0 Å². The average molecular weight is 346 g/mol. The molecule has 25 heavy (non-hydrogen) atoms. The Bertz CT molecular complexity index is 845. The number of methoxy groups -OCH3 is 1. The van der Waals surface area contributed by atoms with Crippen LogP contribution in [0.25, 0.3) is 11.5 Å². The molecule has 0 atom stereocenters. The lowest BCUT2D eigenvalue weighted by atomic mass is 10.2. The van der Waals surface area contributed by atoms with Crippen molar-refractivity contribution < 1.29 is 27.8 Å². The topological polar surface area (TPSA) is 86.6 Å². The fraction of sp³-hybridized carbons (Fsp3) is 0.176. The van der Waals surface area contributed by atoms with Crippen molar-refractivity contribution in [3.8, 4) is 17.2 Å². The van der Waals surface area contributed by atoms with Crippen molar-refractivity contribution in [3.05, 3.63) is 59.7 Å². The number of nitrogens with zero attached hydrogens (tertiary/aromatic N) is 1. The number of esters is 1. The van der Waals surface area contributed by atoms with Crippen LogP contribution in [0, 0.1) is 5.82 Å². The molecular weight excluding hydrogens is 331 g/mol. The molecule has 0 aliphatic carbocycles. The largest absolute Gasteiger partial charge is 0.467 e. The third-order valence-electron chi connectivity index (χ3n) is 3.33. The van der Waals surface area contributed by atoms with E-state index in [4.69, 9.17) is 13.9 Å². The predicted octanol–water partition coefficient (Wildman–Crippen LogP) is 3.15. The number of ether oxygens (including phenoxy) is 3. The molecule has 0 amide bonds. The van der Waals surface area contributed by atoms with Crippen LogP contribution in [0.1, 0.15) is 16.1 Å². The van der Waals surface area contributed by atoms with Crippen LogP contribution in [0.5, 0.6) is 5.75 Å². The smallest absolute Gasteiger partial charge is 0.356 e. The monoisotopic (exact) mass is 346 g/mol. The molecule has 0 unspecified atom stereocenters. The minimum atomic E-state index is -0.449. The first-order valence-corrected chi connectivity index (χ1v) is 7.34. The van der Waals surface area contributed by atoms with E-state index in [1.165, 1.54) is 19.2 Å². The number of aromatic amines is 1. The van der Waals surface area contributed by atoms with Crippen LogP contribution < -0.4 is 4.74 Å². The minimum absolute atomic E-state index is 0.252. The molecule has 2 aromatic heterocycles. The molecule has 4 rings (SSSR count). The van der Waals surface area contributed by atoms with Gasteiger partial charge in [0.25, 0.3) is 0 Å². The highest BCUT2D eigenvalue weighted by Crippen LogP contribution is 2.23. The molecule has 8 heteroatoms. The average Bonchev–Trinajstić information content (AvgIpc) is 3.32. The van der Waals surface area contributed by atoms with Gasteiger partial charge in [0, 0.05) is 11.6 Å². The molecule has 1 aliphatic heterocycles. The number of hydrogen-bond donors (Lipinski definition) is 1. The fourth-order valence-electron chi connectivity index (χ4n) is 2.15. The number of furan rings is 1. The Kier molecular flexibility index (Phi) is 5.10. The third-order valence-corrected chi connectivity index (χ3v) is 3.33. The zero-order valence-corrected chi connectivity index (χ0v) is 13.3. The number of H-pyrrole nitrogens is 1. The normalized spacial score (nSPS) is 12.4. The highest BCUT2D eigenvalue weighted by Gasteiger charge is 2.12. The number of fused-ring (bicyclic) bond motifs is 1. The summed E-state index contributed by atoms with van der Waals surface area (Å²) >= 11 is 0. The van der Waals surface area contributed by atoms with Crippen molar-refractivity contribution in [2.75, 3.05) is 13.9 Å². The van der Waals surface area contributed by atoms with E-state index in [1.807, 2.05) is 0 Å². The van der Waals surface area contributed by atoms with Crippen molar-refractivity contribution in [2.45, 2.75) is 6.61 Å². The van der Waals surface area contributed by atoms with Gasteiger partial charge in [-0.1, -0.05) is 0 Å². The van der Waals surface area contributed by atoms with Gasteiger partial charge in [-0.2, -0.15) is 5.10 Å². The molecular formula is C17H15FN2O5. The number of halogens is 1. The van der Waals surface area contributed by atoms with E-state index in [0.717, 1.165) is 11.3 Å². The number of carbonyl (C=O) groups is 1. The van der Waals surface area contributed by atoms with Gasteiger partial charge in [0.15, 0.2) is 12.6 Å². The highest BCUT2D eigenvalue weighted by molar-refractivity contribution is 5.88. The van der Waals surface area contributed by atoms with E-state index < -0.39 is 5.97 Å². The molecule has 0 spiro atoms. The standard InChI is InChI=1S/C9H8N2O3.C8H7FO2/c1-13-9(12)7-5-6(10-11-7)8-3-2-4-14-8;9-7-1-2-8-6(3-7)4-10-5-11-8/h2-5H,1H3,(H,10,11);1-3H,4-5H2. The van der Waals surface area contributed by atoms with Crippen LogP contribution in [0.3, 0.4) is 0 Å². The summed E-state index contributed by atoms with van der Waals surface area (Å²) in [4.78, 5) is 11.1. The lowest BCUT2D eigenvalue weighted by Gasteiger charge is -2.16. The number of carbonyl (C=O) groups excluding carboxylic acids is 1. The van der Waals surface area contributed by atoms with E-state index in [1.54, 1.807) is 30.5 Å². The van der Waals surface area contributed by atoms with E-state index in [0.29, 0.717) is 23.8 Å². The van der Waals surface area contributed by atoms with Crippen molar-refractivity contribution in [1.29, 1.82) is 0 Å². The minimum Gasteiger partial charge on any atom is -0.467 e. The van der Waals surface area contributed by atoms with E-state index >= 15 is 0 Å². The maximum absolute atomic E-state index is 12.6. The second-order valence-corrected chi connectivity index (χ2v) is 5.00. The molecule has 0 bridgehead atoms. The molecule has 1 N–H and O–H groups in total. The van der Waals surface area contributed by atoms with Crippen molar-refractivity contribution >= 4 is 5.97 Å². The third kappa shape index (κ3) is 4.04. The van der Waals surface area contributed by atoms with Crippen molar-refractivity contribution in [2.24, 2.45) is 0 Å². The lowest BCUT2D eigenvalue weighted by Crippen LogP contribution is -2.11. The van der Waals surface area contributed by atoms with Gasteiger partial charge in [-0.3, -0.25) is 5.10 Å². The Morgan fingerprint density at radius 2 is 2.20 bits per heavy atom. The maximum atomic E-state index is 12.6. The first-order valence-electron chi connectivity index (χ1n) is 7.34. The molecule has 0 saturated carbocycles. The predicted molar refractivity (Wildman–Crippen MR) is 84.3 cm³/mol. The lowest BCUT2D eigenvalue weighted by molar-refractivity contribution is -0.0165. The second-order valence-electron chi connectivity index (χ2n) is 5.00. The first kappa shape index (κ1) is 16.7. The van der Waals surface area contributed by atoms with Gasteiger partial charge in [0.1, 0.15) is 23.0 Å². The van der Waals surface area contributed by atoms with E-state index in [-0.39, 0.29) is 12.6 Å². The Balaban J connectivity index is 0.000000150. The first-order chi connectivity index (χ1) is 12.2. The molecule has 130 valence electrons. The van der Waals surface area contributed by atoms with Gasteiger partial charge in [-0.05, 0) is 30.3 Å². The summed E-state index contributed by atoms with van der Waals surface area (Å²) in [6.07, 6.45) is 1.54. The van der Waals surface area contributed by atoms with E-state index in [2.05, 4.69) is 14.9 Å². The summed E-state index contributed by atoms with van der Waals surface area (Å²) in [5.41, 5.74) is 1.66. The summed E-state index contributed by atoms with van der Waals surface area (Å²) in [6.45, 7) is 0.700. The van der Waals surface area contributed by atoms with Crippen LogP contribution in [-0.2, 0) is 16.1 Å². The second kappa shape index (κ2) is 7.63. The quantitative estimate of drug-likeness (QED) is 0.717. The molecule has 1 aromatic carbocycles. The van der Waals surface area contributed by atoms with Gasteiger partial charge in [-0.25, -0.2) is 9.18 Å². The Morgan fingerprint density at radius 1 is 1.32 bits per heavy atom. The Hall–Kier alpha value is -3.13.